The van der Waals surface area contributed by atoms with Crippen LogP contribution in [0.2, 0.25) is 0 Å². The summed E-state index contributed by atoms with van der Waals surface area (Å²) < 4.78 is 5.34. The van der Waals surface area contributed by atoms with E-state index in [9.17, 15) is 4.79 Å². The molecular weight excluding hydrogens is 252 g/mol. The van der Waals surface area contributed by atoms with Crippen LogP contribution in [0, 0.1) is 12.8 Å². The number of aryl methyl sites for hydroxylation is 1. The van der Waals surface area contributed by atoms with Gasteiger partial charge >= 0.3 is 0 Å². The minimum atomic E-state index is -0.000125. The van der Waals surface area contributed by atoms with Crippen LogP contribution in [0.1, 0.15) is 35.7 Å². The molecule has 2 rings (SSSR count). The second-order valence-electron chi connectivity index (χ2n) is 5.35. The first kappa shape index (κ1) is 14.9. The van der Waals surface area contributed by atoms with Crippen LogP contribution >= 0.6 is 0 Å². The highest BCUT2D eigenvalue weighted by atomic mass is 16.5. The van der Waals surface area contributed by atoms with Gasteiger partial charge in [-0.1, -0.05) is 6.07 Å². The number of hydrogen-bond donors (Lipinski definition) is 2. The molecule has 1 heterocycles. The second-order valence-corrected chi connectivity index (χ2v) is 5.35. The van der Waals surface area contributed by atoms with E-state index in [1.165, 1.54) is 0 Å². The monoisotopic (exact) mass is 276 g/mol. The molecule has 20 heavy (non-hydrogen) atoms. The fourth-order valence-corrected chi connectivity index (χ4v) is 2.49. The van der Waals surface area contributed by atoms with Crippen molar-refractivity contribution >= 4 is 11.6 Å². The van der Waals surface area contributed by atoms with Gasteiger partial charge in [0.1, 0.15) is 0 Å². The van der Waals surface area contributed by atoms with Gasteiger partial charge in [0, 0.05) is 32.0 Å². The van der Waals surface area contributed by atoms with Crippen LogP contribution in [0.25, 0.3) is 0 Å². The van der Waals surface area contributed by atoms with Crippen molar-refractivity contribution < 1.29 is 9.53 Å². The summed E-state index contributed by atoms with van der Waals surface area (Å²) in [5.41, 5.74) is 2.79. The first-order chi connectivity index (χ1) is 9.70. The van der Waals surface area contributed by atoms with Crippen molar-refractivity contribution in [2.45, 2.75) is 26.7 Å². The number of nitrogens with one attached hydrogen (secondary N) is 2. The maximum atomic E-state index is 12.2. The number of ether oxygens (including phenoxy) is 1. The van der Waals surface area contributed by atoms with Gasteiger partial charge in [-0.3, -0.25) is 4.79 Å². The molecule has 1 aliphatic heterocycles. The van der Waals surface area contributed by atoms with Gasteiger partial charge in [0.05, 0.1) is 5.56 Å². The van der Waals surface area contributed by atoms with E-state index in [2.05, 4.69) is 10.6 Å². The molecule has 0 spiro atoms. The Morgan fingerprint density at radius 2 is 2.30 bits per heavy atom. The van der Waals surface area contributed by atoms with Crippen LogP contribution in [0.5, 0.6) is 0 Å². The topological polar surface area (TPSA) is 50.4 Å². The van der Waals surface area contributed by atoms with Gasteiger partial charge in [-0.15, -0.1) is 0 Å². The first-order valence-corrected chi connectivity index (χ1v) is 7.41. The lowest BCUT2D eigenvalue weighted by Gasteiger charge is -2.13. The van der Waals surface area contributed by atoms with Gasteiger partial charge in [0.25, 0.3) is 5.91 Å². The van der Waals surface area contributed by atoms with Gasteiger partial charge < -0.3 is 15.4 Å². The lowest BCUT2D eigenvalue weighted by Crippen LogP contribution is -2.27. The molecule has 1 aliphatic rings. The predicted molar refractivity (Wildman–Crippen MR) is 81.2 cm³/mol. The number of hydrogen-bond acceptors (Lipinski definition) is 3. The number of carbonyl (C=O) groups excluding carboxylic acids is 1. The number of amides is 1. The molecule has 0 saturated carbocycles. The molecule has 1 amide bonds. The highest BCUT2D eigenvalue weighted by Gasteiger charge is 2.16. The standard InChI is InChI=1S/C16H24N2O2/c1-3-17-15-10-12(2)4-5-14(15)16(19)18-8-6-13-7-9-20-11-13/h4-5,10,13,17H,3,6-9,11H2,1-2H3,(H,18,19). The fourth-order valence-electron chi connectivity index (χ4n) is 2.49. The average molecular weight is 276 g/mol. The lowest BCUT2D eigenvalue weighted by molar-refractivity contribution is 0.0951. The van der Waals surface area contributed by atoms with Gasteiger partial charge in [-0.2, -0.15) is 0 Å². The molecule has 1 atom stereocenters. The third-order valence-corrected chi connectivity index (χ3v) is 3.65. The fraction of sp³-hybridized carbons (Fsp3) is 0.562. The molecule has 1 saturated heterocycles. The molecule has 1 unspecified atom stereocenters. The number of carbonyl (C=O) groups is 1. The van der Waals surface area contributed by atoms with Crippen LogP contribution in [-0.4, -0.2) is 32.2 Å². The Morgan fingerprint density at radius 1 is 1.45 bits per heavy atom. The Bertz CT molecular complexity index is 454. The largest absolute Gasteiger partial charge is 0.385 e. The van der Waals surface area contributed by atoms with Crippen molar-refractivity contribution in [3.63, 3.8) is 0 Å². The van der Waals surface area contributed by atoms with Crippen LogP contribution in [0.15, 0.2) is 18.2 Å². The average Bonchev–Trinajstić information content (AvgIpc) is 2.92. The molecule has 1 aromatic carbocycles. The quantitative estimate of drug-likeness (QED) is 0.839. The molecule has 1 aromatic rings. The van der Waals surface area contributed by atoms with Gasteiger partial charge in [-0.05, 0) is 50.3 Å². The van der Waals surface area contributed by atoms with Crippen molar-refractivity contribution in [1.29, 1.82) is 0 Å². The zero-order valence-electron chi connectivity index (χ0n) is 12.4. The lowest BCUT2D eigenvalue weighted by atomic mass is 10.0. The number of anilines is 1. The highest BCUT2D eigenvalue weighted by Crippen LogP contribution is 2.18. The summed E-state index contributed by atoms with van der Waals surface area (Å²) >= 11 is 0. The van der Waals surface area contributed by atoms with Crippen LogP contribution in [-0.2, 0) is 4.74 Å². The number of rotatable bonds is 6. The normalized spacial score (nSPS) is 18.0. The molecule has 4 heteroatoms. The van der Waals surface area contributed by atoms with Crippen molar-refractivity contribution in [3.8, 4) is 0 Å². The Labute approximate surface area is 120 Å². The van der Waals surface area contributed by atoms with Crippen molar-refractivity contribution in [2.75, 3.05) is 31.6 Å². The molecule has 4 nitrogen and oxygen atoms in total. The molecule has 2 N–H and O–H groups in total. The van der Waals surface area contributed by atoms with E-state index in [0.717, 1.165) is 49.4 Å². The first-order valence-electron chi connectivity index (χ1n) is 7.41. The van der Waals surface area contributed by atoms with Crippen LogP contribution in [0.3, 0.4) is 0 Å². The minimum absolute atomic E-state index is 0.000125. The van der Waals surface area contributed by atoms with Gasteiger partial charge in [-0.25, -0.2) is 0 Å². The summed E-state index contributed by atoms with van der Waals surface area (Å²) in [7, 11) is 0. The van der Waals surface area contributed by atoms with Crippen LogP contribution < -0.4 is 10.6 Å². The third kappa shape index (κ3) is 3.97. The Hall–Kier alpha value is -1.55. The molecule has 0 aromatic heterocycles. The predicted octanol–water partition coefficient (Wildman–Crippen LogP) is 2.58. The summed E-state index contributed by atoms with van der Waals surface area (Å²) in [4.78, 5) is 12.2. The van der Waals surface area contributed by atoms with E-state index < -0.39 is 0 Å². The summed E-state index contributed by atoms with van der Waals surface area (Å²) in [6, 6.07) is 5.88. The van der Waals surface area contributed by atoms with Gasteiger partial charge in [0.2, 0.25) is 0 Å². The SMILES string of the molecule is CCNc1cc(C)ccc1C(=O)NCCC1CCOC1. The molecule has 0 bridgehead atoms. The number of benzene rings is 1. The van der Waals surface area contributed by atoms with E-state index in [4.69, 9.17) is 4.74 Å². The summed E-state index contributed by atoms with van der Waals surface area (Å²) in [6.07, 6.45) is 2.11. The van der Waals surface area contributed by atoms with Gasteiger partial charge in [0.15, 0.2) is 0 Å². The Kier molecular flexibility index (Phi) is 5.41. The molecule has 0 aliphatic carbocycles. The minimum Gasteiger partial charge on any atom is -0.385 e. The third-order valence-electron chi connectivity index (χ3n) is 3.65. The van der Waals surface area contributed by atoms with E-state index in [1.54, 1.807) is 0 Å². The summed E-state index contributed by atoms with van der Waals surface area (Å²) in [5, 5.41) is 6.26. The van der Waals surface area contributed by atoms with Crippen molar-refractivity contribution in [3.05, 3.63) is 29.3 Å². The molecule has 0 radical (unpaired) electrons. The molecule has 110 valence electrons. The summed E-state index contributed by atoms with van der Waals surface area (Å²) in [6.45, 7) is 7.28. The van der Waals surface area contributed by atoms with E-state index in [-0.39, 0.29) is 5.91 Å². The van der Waals surface area contributed by atoms with Crippen molar-refractivity contribution in [1.82, 2.24) is 5.32 Å². The second kappa shape index (κ2) is 7.29. The maximum absolute atomic E-state index is 12.2. The maximum Gasteiger partial charge on any atom is 0.253 e. The Balaban J connectivity index is 1.90. The van der Waals surface area contributed by atoms with E-state index >= 15 is 0 Å². The zero-order chi connectivity index (χ0) is 14.4. The molecular formula is C16H24N2O2. The smallest absolute Gasteiger partial charge is 0.253 e. The van der Waals surface area contributed by atoms with Crippen molar-refractivity contribution in [2.24, 2.45) is 5.92 Å². The zero-order valence-corrected chi connectivity index (χ0v) is 12.4. The Morgan fingerprint density at radius 3 is 3.00 bits per heavy atom. The molecule has 1 fully saturated rings. The van der Waals surface area contributed by atoms with E-state index in [1.807, 2.05) is 32.0 Å². The van der Waals surface area contributed by atoms with Crippen LogP contribution in [0.4, 0.5) is 5.69 Å². The van der Waals surface area contributed by atoms with E-state index in [0.29, 0.717) is 12.5 Å². The summed E-state index contributed by atoms with van der Waals surface area (Å²) in [5.74, 6) is 0.599. The highest BCUT2D eigenvalue weighted by molar-refractivity contribution is 5.99.